The number of carbonyl (C=O) groups excluding carboxylic acids is 1. The number of halogens is 1. The molecular formula is C15H11ClN2O2. The Labute approximate surface area is 120 Å². The second-order valence-corrected chi connectivity index (χ2v) is 4.77. The molecule has 1 amide bonds. The van der Waals surface area contributed by atoms with E-state index in [9.17, 15) is 4.79 Å². The van der Waals surface area contributed by atoms with E-state index in [0.29, 0.717) is 16.2 Å². The predicted molar refractivity (Wildman–Crippen MR) is 78.2 cm³/mol. The number of para-hydroxylation sites is 2. The standard InChI is InChI=1S/C15H11ClN2O2/c1-18(14(19)10-6-8-11(16)9-7-10)15-17-12-4-2-3-5-13(12)20-15/h2-9H,1H3. The molecule has 0 aliphatic heterocycles. The fourth-order valence-corrected chi connectivity index (χ4v) is 2.00. The zero-order valence-corrected chi connectivity index (χ0v) is 11.5. The zero-order chi connectivity index (χ0) is 14.1. The van der Waals surface area contributed by atoms with Crippen molar-refractivity contribution in [3.8, 4) is 0 Å². The van der Waals surface area contributed by atoms with E-state index < -0.39 is 0 Å². The molecule has 0 saturated heterocycles. The van der Waals surface area contributed by atoms with Crippen LogP contribution in [0.5, 0.6) is 0 Å². The van der Waals surface area contributed by atoms with E-state index in [1.807, 2.05) is 24.3 Å². The molecule has 0 aliphatic carbocycles. The van der Waals surface area contributed by atoms with Gasteiger partial charge in [-0.3, -0.25) is 9.69 Å². The summed E-state index contributed by atoms with van der Waals surface area (Å²) in [6.45, 7) is 0. The molecule has 0 N–H and O–H groups in total. The Morgan fingerprint density at radius 2 is 1.85 bits per heavy atom. The monoisotopic (exact) mass is 286 g/mol. The number of hydrogen-bond acceptors (Lipinski definition) is 3. The highest BCUT2D eigenvalue weighted by atomic mass is 35.5. The van der Waals surface area contributed by atoms with Crippen LogP contribution >= 0.6 is 11.6 Å². The van der Waals surface area contributed by atoms with Gasteiger partial charge in [-0.15, -0.1) is 0 Å². The van der Waals surface area contributed by atoms with Gasteiger partial charge in [-0.2, -0.15) is 4.98 Å². The first-order chi connectivity index (χ1) is 9.65. The van der Waals surface area contributed by atoms with Gasteiger partial charge in [0.05, 0.1) is 0 Å². The molecule has 0 fully saturated rings. The minimum absolute atomic E-state index is 0.201. The Morgan fingerprint density at radius 1 is 1.15 bits per heavy atom. The topological polar surface area (TPSA) is 46.3 Å². The van der Waals surface area contributed by atoms with Crippen molar-refractivity contribution in [3.63, 3.8) is 0 Å². The van der Waals surface area contributed by atoms with Gasteiger partial charge in [0.15, 0.2) is 5.58 Å². The van der Waals surface area contributed by atoms with Crippen LogP contribution in [0.3, 0.4) is 0 Å². The van der Waals surface area contributed by atoms with Crippen molar-refractivity contribution < 1.29 is 9.21 Å². The van der Waals surface area contributed by atoms with E-state index in [4.69, 9.17) is 16.0 Å². The molecule has 5 heteroatoms. The van der Waals surface area contributed by atoms with Gasteiger partial charge in [0.1, 0.15) is 5.52 Å². The van der Waals surface area contributed by atoms with Gasteiger partial charge in [0, 0.05) is 17.6 Å². The van der Waals surface area contributed by atoms with Crippen LogP contribution in [0.1, 0.15) is 10.4 Å². The minimum Gasteiger partial charge on any atom is -0.423 e. The minimum atomic E-state index is -0.201. The number of aromatic nitrogens is 1. The number of rotatable bonds is 2. The number of oxazole rings is 1. The largest absolute Gasteiger partial charge is 0.423 e. The quantitative estimate of drug-likeness (QED) is 0.720. The summed E-state index contributed by atoms with van der Waals surface area (Å²) in [6.07, 6.45) is 0. The summed E-state index contributed by atoms with van der Waals surface area (Å²) in [5.74, 6) is -0.201. The summed E-state index contributed by atoms with van der Waals surface area (Å²) in [4.78, 5) is 18.0. The number of nitrogens with zero attached hydrogens (tertiary/aromatic N) is 2. The molecule has 0 radical (unpaired) electrons. The van der Waals surface area contributed by atoms with Gasteiger partial charge >= 0.3 is 6.01 Å². The lowest BCUT2D eigenvalue weighted by Crippen LogP contribution is -2.26. The maximum absolute atomic E-state index is 12.3. The molecule has 0 bridgehead atoms. The predicted octanol–water partition coefficient (Wildman–Crippen LogP) is 3.76. The van der Waals surface area contributed by atoms with Crippen molar-refractivity contribution in [2.24, 2.45) is 0 Å². The van der Waals surface area contributed by atoms with Crippen LogP contribution in [0.2, 0.25) is 5.02 Å². The van der Waals surface area contributed by atoms with Crippen LogP contribution in [0.25, 0.3) is 11.1 Å². The first-order valence-corrected chi connectivity index (χ1v) is 6.42. The average molecular weight is 287 g/mol. The number of anilines is 1. The van der Waals surface area contributed by atoms with Crippen molar-refractivity contribution in [1.82, 2.24) is 4.98 Å². The van der Waals surface area contributed by atoms with E-state index in [1.165, 1.54) is 4.90 Å². The highest BCUT2D eigenvalue weighted by molar-refractivity contribution is 6.30. The molecule has 0 unspecified atom stereocenters. The molecule has 4 nitrogen and oxygen atoms in total. The number of carbonyl (C=O) groups is 1. The van der Waals surface area contributed by atoms with Gasteiger partial charge in [-0.1, -0.05) is 23.7 Å². The summed E-state index contributed by atoms with van der Waals surface area (Å²) in [5, 5.41) is 0.589. The number of hydrogen-bond donors (Lipinski definition) is 0. The number of benzene rings is 2. The van der Waals surface area contributed by atoms with Crippen LogP contribution in [0.4, 0.5) is 6.01 Å². The van der Waals surface area contributed by atoms with Gasteiger partial charge < -0.3 is 4.42 Å². The molecule has 100 valence electrons. The fourth-order valence-electron chi connectivity index (χ4n) is 1.88. The van der Waals surface area contributed by atoms with Gasteiger partial charge in [-0.25, -0.2) is 0 Å². The summed E-state index contributed by atoms with van der Waals surface area (Å²) in [5.41, 5.74) is 1.90. The van der Waals surface area contributed by atoms with Crippen LogP contribution in [0, 0.1) is 0 Å². The molecule has 20 heavy (non-hydrogen) atoms. The maximum Gasteiger partial charge on any atom is 0.305 e. The number of amides is 1. The Bertz CT molecular complexity index is 732. The molecule has 0 spiro atoms. The average Bonchev–Trinajstić information content (AvgIpc) is 2.90. The molecule has 1 heterocycles. The zero-order valence-electron chi connectivity index (χ0n) is 10.7. The molecular weight excluding hydrogens is 276 g/mol. The first-order valence-electron chi connectivity index (χ1n) is 6.04. The summed E-state index contributed by atoms with van der Waals surface area (Å²) < 4.78 is 5.56. The van der Waals surface area contributed by atoms with Crippen molar-refractivity contribution in [2.45, 2.75) is 0 Å². The lowest BCUT2D eigenvalue weighted by molar-refractivity contribution is 0.0988. The first kappa shape index (κ1) is 12.7. The van der Waals surface area contributed by atoms with E-state index in [1.54, 1.807) is 31.3 Å². The molecule has 0 atom stereocenters. The Balaban J connectivity index is 1.93. The van der Waals surface area contributed by atoms with Crippen LogP contribution in [-0.2, 0) is 0 Å². The van der Waals surface area contributed by atoms with Crippen LogP contribution < -0.4 is 4.90 Å². The normalized spacial score (nSPS) is 10.7. The molecule has 2 aromatic carbocycles. The van der Waals surface area contributed by atoms with Crippen molar-refractivity contribution >= 4 is 34.6 Å². The van der Waals surface area contributed by atoms with Gasteiger partial charge in [0.25, 0.3) is 5.91 Å². The molecule has 3 aromatic rings. The fraction of sp³-hybridized carbons (Fsp3) is 0.0667. The van der Waals surface area contributed by atoms with E-state index in [2.05, 4.69) is 4.98 Å². The third-order valence-electron chi connectivity index (χ3n) is 2.97. The Morgan fingerprint density at radius 3 is 2.55 bits per heavy atom. The smallest absolute Gasteiger partial charge is 0.305 e. The number of fused-ring (bicyclic) bond motifs is 1. The van der Waals surface area contributed by atoms with Crippen molar-refractivity contribution in [2.75, 3.05) is 11.9 Å². The Kier molecular flexibility index (Phi) is 3.16. The lowest BCUT2D eigenvalue weighted by atomic mass is 10.2. The SMILES string of the molecule is CN(C(=O)c1ccc(Cl)cc1)c1nc2ccccc2o1. The highest BCUT2D eigenvalue weighted by Crippen LogP contribution is 2.22. The molecule has 0 saturated carbocycles. The van der Waals surface area contributed by atoms with E-state index >= 15 is 0 Å². The molecule has 3 rings (SSSR count). The molecule has 0 aliphatic rings. The maximum atomic E-state index is 12.3. The van der Waals surface area contributed by atoms with Crippen LogP contribution in [-0.4, -0.2) is 17.9 Å². The summed E-state index contributed by atoms with van der Waals surface area (Å²) in [7, 11) is 1.63. The summed E-state index contributed by atoms with van der Waals surface area (Å²) in [6, 6.07) is 14.3. The Hall–Kier alpha value is -2.33. The highest BCUT2D eigenvalue weighted by Gasteiger charge is 2.18. The van der Waals surface area contributed by atoms with Crippen molar-refractivity contribution in [3.05, 3.63) is 59.1 Å². The second-order valence-electron chi connectivity index (χ2n) is 4.34. The van der Waals surface area contributed by atoms with E-state index in [-0.39, 0.29) is 11.9 Å². The molecule has 1 aromatic heterocycles. The third kappa shape index (κ3) is 2.26. The third-order valence-corrected chi connectivity index (χ3v) is 3.22. The van der Waals surface area contributed by atoms with E-state index in [0.717, 1.165) is 5.52 Å². The second kappa shape index (κ2) is 4.98. The van der Waals surface area contributed by atoms with Crippen LogP contribution in [0.15, 0.2) is 52.9 Å². The van der Waals surface area contributed by atoms with Gasteiger partial charge in [0.2, 0.25) is 0 Å². The van der Waals surface area contributed by atoms with Crippen molar-refractivity contribution in [1.29, 1.82) is 0 Å². The van der Waals surface area contributed by atoms with Gasteiger partial charge in [-0.05, 0) is 36.4 Å². The lowest BCUT2D eigenvalue weighted by Gasteiger charge is -2.12. The summed E-state index contributed by atoms with van der Waals surface area (Å²) >= 11 is 5.81.